The van der Waals surface area contributed by atoms with Crippen LogP contribution in [0.25, 0.3) is 5.69 Å². The lowest BCUT2D eigenvalue weighted by molar-refractivity contribution is -0.286. The third-order valence-corrected chi connectivity index (χ3v) is 8.15. The molecule has 234 valence electrons. The number of likely N-dealkylation sites (tertiary alicyclic amines) is 1. The number of benzene rings is 1. The number of nitrogens with zero attached hydrogens (tertiary/aromatic N) is 4. The Morgan fingerprint density at radius 2 is 1.82 bits per heavy atom. The monoisotopic (exact) mass is 622 g/mol. The zero-order chi connectivity index (χ0) is 31.4. The number of alkyl halides is 5. The molecule has 1 N–H and O–H groups in total. The number of amides is 1. The summed E-state index contributed by atoms with van der Waals surface area (Å²) in [5, 5.41) is 13.2. The predicted molar refractivity (Wildman–Crippen MR) is 141 cm³/mol. The molecular weight excluding hydrogens is 595 g/mol. The van der Waals surface area contributed by atoms with Crippen LogP contribution in [0.4, 0.5) is 22.0 Å². The summed E-state index contributed by atoms with van der Waals surface area (Å²) >= 11 is 0. The summed E-state index contributed by atoms with van der Waals surface area (Å²) in [5.41, 5.74) is -0.414. The highest BCUT2D eigenvalue weighted by atomic mass is 19.4. The van der Waals surface area contributed by atoms with Crippen molar-refractivity contribution in [1.82, 2.24) is 19.7 Å². The van der Waals surface area contributed by atoms with Gasteiger partial charge in [-0.3, -0.25) is 14.6 Å². The van der Waals surface area contributed by atoms with Gasteiger partial charge in [0.15, 0.2) is 17.2 Å². The maximum Gasteiger partial charge on any atom is 0.586 e. The number of ether oxygens (including phenoxy) is 3. The molecule has 6 rings (SSSR count). The molecular formula is C29H27F5N4O6. The number of pyridine rings is 1. The summed E-state index contributed by atoms with van der Waals surface area (Å²) in [6.07, 6.45) is -5.35. The van der Waals surface area contributed by atoms with Gasteiger partial charge in [-0.1, -0.05) is 6.07 Å². The van der Waals surface area contributed by atoms with Gasteiger partial charge >= 0.3 is 18.4 Å². The van der Waals surface area contributed by atoms with E-state index in [1.54, 1.807) is 6.92 Å². The molecule has 1 saturated heterocycles. The fraction of sp³-hybridized carbons (Fsp3) is 0.448. The van der Waals surface area contributed by atoms with Gasteiger partial charge in [0, 0.05) is 24.7 Å². The molecule has 1 aromatic carbocycles. The number of rotatable bonds is 6. The van der Waals surface area contributed by atoms with Gasteiger partial charge in [-0.05, 0) is 56.7 Å². The van der Waals surface area contributed by atoms with Gasteiger partial charge in [-0.25, -0.2) is 4.68 Å². The maximum absolute atomic E-state index is 14.2. The third kappa shape index (κ3) is 5.62. The summed E-state index contributed by atoms with van der Waals surface area (Å²) < 4.78 is 85.3. The smallest absolute Gasteiger partial charge is 0.484 e. The highest BCUT2D eigenvalue weighted by Crippen LogP contribution is 2.44. The van der Waals surface area contributed by atoms with Gasteiger partial charge in [0.05, 0.1) is 35.6 Å². The van der Waals surface area contributed by atoms with Gasteiger partial charge in [0.2, 0.25) is 5.91 Å². The number of carbonyl (C=O) groups is 2. The van der Waals surface area contributed by atoms with E-state index in [-0.39, 0.29) is 72.5 Å². The van der Waals surface area contributed by atoms with Crippen LogP contribution < -0.4 is 14.2 Å². The van der Waals surface area contributed by atoms with Crippen LogP contribution in [0.2, 0.25) is 0 Å². The van der Waals surface area contributed by atoms with Gasteiger partial charge in [-0.15, -0.1) is 8.78 Å². The second kappa shape index (κ2) is 10.9. The van der Waals surface area contributed by atoms with Crippen molar-refractivity contribution in [2.45, 2.75) is 63.5 Å². The van der Waals surface area contributed by atoms with Crippen molar-refractivity contribution in [2.75, 3.05) is 13.1 Å². The minimum atomic E-state index is -4.77. The van der Waals surface area contributed by atoms with E-state index in [4.69, 9.17) is 4.74 Å². The third-order valence-electron chi connectivity index (χ3n) is 8.15. The molecule has 0 saturated carbocycles. The van der Waals surface area contributed by atoms with Crippen molar-refractivity contribution in [1.29, 1.82) is 0 Å². The number of halogens is 5. The van der Waals surface area contributed by atoms with Crippen LogP contribution in [0, 0.1) is 5.92 Å². The van der Waals surface area contributed by atoms with E-state index in [2.05, 4.69) is 19.6 Å². The first-order valence-corrected chi connectivity index (χ1v) is 14.0. The van der Waals surface area contributed by atoms with E-state index in [1.165, 1.54) is 41.6 Å². The molecule has 15 heteroatoms. The van der Waals surface area contributed by atoms with E-state index in [0.717, 1.165) is 4.68 Å². The quantitative estimate of drug-likeness (QED) is 0.359. The Balaban J connectivity index is 1.30. The first-order valence-electron chi connectivity index (χ1n) is 14.0. The van der Waals surface area contributed by atoms with Crippen molar-refractivity contribution < 1.29 is 50.9 Å². The number of aromatic nitrogens is 3. The topological polar surface area (TPSA) is 116 Å². The Labute approximate surface area is 247 Å². The Bertz CT molecular complexity index is 1600. The minimum Gasteiger partial charge on any atom is -0.484 e. The standard InChI is InChI=1S/C29H27F5N4O6/c1-15(17-5-6-22-23(11-17)44-29(33,34)43-22)42-19-12-18(13-35-14-19)38-24-20(25(36-38)28(30,31)32)3-2-4-21(24)26(39)37-9-7-16(8-10-37)27(40)41/h5-6,11-16,21H,2-4,7-10H2,1H3,(H,40,41)/t15-,21-/m0/s1. The Hall–Kier alpha value is -4.43. The Morgan fingerprint density at radius 1 is 1.09 bits per heavy atom. The number of carboxylic acids is 1. The highest BCUT2D eigenvalue weighted by Gasteiger charge is 2.45. The molecule has 3 aromatic rings. The van der Waals surface area contributed by atoms with Crippen LogP contribution in [-0.4, -0.2) is 56.0 Å². The van der Waals surface area contributed by atoms with Gasteiger partial charge in [-0.2, -0.15) is 18.3 Å². The van der Waals surface area contributed by atoms with Gasteiger partial charge in [0.25, 0.3) is 0 Å². The number of aliphatic carboxylic acids is 1. The average molecular weight is 623 g/mol. The lowest BCUT2D eigenvalue weighted by atomic mass is 9.84. The van der Waals surface area contributed by atoms with Crippen LogP contribution in [0.5, 0.6) is 17.2 Å². The molecule has 2 aliphatic heterocycles. The summed E-state index contributed by atoms with van der Waals surface area (Å²) in [6, 6.07) is 5.61. The molecule has 2 aromatic heterocycles. The van der Waals surface area contributed by atoms with Gasteiger partial charge in [0.1, 0.15) is 11.9 Å². The predicted octanol–water partition coefficient (Wildman–Crippen LogP) is 5.49. The number of carboxylic acid groups (broad SMARTS) is 1. The van der Waals surface area contributed by atoms with Gasteiger partial charge < -0.3 is 24.2 Å². The normalized spacial score (nSPS) is 20.2. The van der Waals surface area contributed by atoms with Crippen LogP contribution in [0.1, 0.15) is 67.1 Å². The molecule has 10 nitrogen and oxygen atoms in total. The summed E-state index contributed by atoms with van der Waals surface area (Å²) in [7, 11) is 0. The van der Waals surface area contributed by atoms with E-state index in [9.17, 15) is 36.6 Å². The summed E-state index contributed by atoms with van der Waals surface area (Å²) in [5.74, 6) is -2.93. The van der Waals surface area contributed by atoms with Crippen LogP contribution in [-0.2, 0) is 22.2 Å². The zero-order valence-corrected chi connectivity index (χ0v) is 23.3. The van der Waals surface area contributed by atoms with E-state index >= 15 is 0 Å². The largest absolute Gasteiger partial charge is 0.586 e. The molecule has 0 bridgehead atoms. The average Bonchev–Trinajstić information content (AvgIpc) is 3.53. The van der Waals surface area contributed by atoms with Crippen LogP contribution in [0.15, 0.2) is 36.7 Å². The molecule has 1 amide bonds. The number of hydrogen-bond donors (Lipinski definition) is 1. The SMILES string of the molecule is C[C@H](Oc1cncc(-n2nc(C(F)(F)F)c3c2[C@@H](C(=O)N2CCC(C(=O)O)CC2)CCC3)c1)c1ccc2c(c1)OC(F)(F)O2. The first-order chi connectivity index (χ1) is 20.8. The van der Waals surface area contributed by atoms with Crippen LogP contribution >= 0.6 is 0 Å². The fourth-order valence-corrected chi connectivity index (χ4v) is 6.00. The molecule has 4 heterocycles. The maximum atomic E-state index is 14.2. The van der Waals surface area contributed by atoms with Crippen molar-refractivity contribution in [3.05, 3.63) is 59.2 Å². The summed E-state index contributed by atoms with van der Waals surface area (Å²) in [4.78, 5) is 30.7. The number of carbonyl (C=O) groups excluding carboxylic acids is 1. The minimum absolute atomic E-state index is 0.0561. The highest BCUT2D eigenvalue weighted by molar-refractivity contribution is 5.84. The molecule has 44 heavy (non-hydrogen) atoms. The lowest BCUT2D eigenvalue weighted by Crippen LogP contribution is -2.43. The van der Waals surface area contributed by atoms with Crippen LogP contribution in [0.3, 0.4) is 0 Å². The molecule has 3 aliphatic rings. The Morgan fingerprint density at radius 3 is 2.52 bits per heavy atom. The molecule has 2 atom stereocenters. The number of hydrogen-bond acceptors (Lipinski definition) is 7. The van der Waals surface area contributed by atoms with Crippen molar-refractivity contribution >= 4 is 11.9 Å². The molecule has 1 aliphatic carbocycles. The molecule has 0 unspecified atom stereocenters. The number of piperidine rings is 1. The number of fused-ring (bicyclic) bond motifs is 2. The van der Waals surface area contributed by atoms with E-state index < -0.39 is 42.1 Å². The fourth-order valence-electron chi connectivity index (χ4n) is 6.00. The van der Waals surface area contributed by atoms with Crippen molar-refractivity contribution in [2.24, 2.45) is 5.92 Å². The first kappa shape index (κ1) is 29.6. The van der Waals surface area contributed by atoms with E-state index in [1.807, 2.05) is 0 Å². The molecule has 1 fully saturated rings. The van der Waals surface area contributed by atoms with E-state index in [0.29, 0.717) is 18.4 Å². The second-order valence-corrected chi connectivity index (χ2v) is 11.0. The van der Waals surface area contributed by atoms with Crippen molar-refractivity contribution in [3.8, 4) is 22.9 Å². The lowest BCUT2D eigenvalue weighted by Gasteiger charge is -2.34. The molecule has 0 spiro atoms. The van der Waals surface area contributed by atoms with Crippen molar-refractivity contribution in [3.63, 3.8) is 0 Å². The second-order valence-electron chi connectivity index (χ2n) is 11.0. The Kier molecular flexibility index (Phi) is 7.36. The zero-order valence-electron chi connectivity index (χ0n) is 23.3. The summed E-state index contributed by atoms with van der Waals surface area (Å²) in [6.45, 7) is 2.03. The molecule has 0 radical (unpaired) electrons.